The zero-order valence-corrected chi connectivity index (χ0v) is 47.5. The number of amides is 4. The van der Waals surface area contributed by atoms with Crippen LogP contribution < -0.4 is 32.4 Å². The Morgan fingerprint density at radius 2 is 0.815 bits per heavy atom. The first-order chi connectivity index (χ1) is 43.7. The second-order valence-corrected chi connectivity index (χ2v) is 19.3. The number of hydrogen-bond donors (Lipinski definition) is 12. The minimum Gasteiger partial charge on any atom is -0.493 e. The molecular formula is C60H46N12O20. The number of nitrogens with zero attached hydrogens (tertiary/aromatic N) is 8. The molecule has 466 valence electrons. The van der Waals surface area contributed by atoms with Gasteiger partial charge in [0.1, 0.15) is 28.7 Å². The Morgan fingerprint density at radius 3 is 1.17 bits per heavy atom. The number of nitriles is 1. The van der Waals surface area contributed by atoms with Gasteiger partial charge in [-0.2, -0.15) is 5.26 Å². The summed E-state index contributed by atoms with van der Waals surface area (Å²) in [6.07, 6.45) is -0.572. The molecule has 4 amide bonds. The summed E-state index contributed by atoms with van der Waals surface area (Å²) < 4.78 is 1.26. The topological polar surface area (TPSA) is 502 Å². The Balaban J connectivity index is 1.06. The molecule has 7 aromatic rings. The first-order valence-corrected chi connectivity index (χ1v) is 26.5. The van der Waals surface area contributed by atoms with E-state index in [0.717, 1.165) is 24.3 Å². The number of carboxylic acids is 6. The van der Waals surface area contributed by atoms with Gasteiger partial charge in [0, 0.05) is 43.1 Å². The van der Waals surface area contributed by atoms with Gasteiger partial charge < -0.3 is 62.1 Å². The van der Waals surface area contributed by atoms with Crippen LogP contribution in [-0.4, -0.2) is 123 Å². The van der Waals surface area contributed by atoms with Gasteiger partial charge in [0.15, 0.2) is 5.69 Å². The lowest BCUT2D eigenvalue weighted by molar-refractivity contribution is 0.0675. The van der Waals surface area contributed by atoms with E-state index in [1.165, 1.54) is 38.1 Å². The Bertz CT molecular complexity index is 4290. The van der Waals surface area contributed by atoms with E-state index in [1.54, 1.807) is 42.5 Å². The summed E-state index contributed by atoms with van der Waals surface area (Å²) >= 11 is 0. The van der Waals surface area contributed by atoms with Crippen LogP contribution in [0, 0.1) is 31.8 Å². The number of hydrogen-bond acceptors (Lipinski definition) is 19. The van der Waals surface area contributed by atoms with E-state index in [1.807, 2.05) is 0 Å². The number of aromatic carboxylic acids is 6. The van der Waals surface area contributed by atoms with E-state index < -0.39 is 198 Å². The Morgan fingerprint density at radius 1 is 0.478 bits per heavy atom. The third-order valence-corrected chi connectivity index (χ3v) is 13.6. The highest BCUT2D eigenvalue weighted by Crippen LogP contribution is 2.38. The van der Waals surface area contributed by atoms with Crippen LogP contribution >= 0.6 is 0 Å². The molecule has 2 heterocycles. The van der Waals surface area contributed by atoms with Crippen LogP contribution in [0.3, 0.4) is 0 Å². The molecule has 12 N–H and O–H groups in total. The molecule has 0 aliphatic rings. The van der Waals surface area contributed by atoms with Gasteiger partial charge in [-0.05, 0) is 92.9 Å². The fraction of sp³-hybridized carbons (Fsp3) is 0.133. The van der Waals surface area contributed by atoms with Crippen LogP contribution in [0.4, 0.5) is 39.8 Å². The minimum atomic E-state index is -1.82. The van der Waals surface area contributed by atoms with Crippen molar-refractivity contribution in [2.24, 2.45) is 20.5 Å². The second kappa shape index (κ2) is 28.3. The van der Waals surface area contributed by atoms with Gasteiger partial charge in [-0.15, -0.1) is 20.5 Å². The normalized spacial score (nSPS) is 10.9. The highest BCUT2D eigenvalue weighted by atomic mass is 16.4. The molecule has 0 aliphatic carbocycles. The van der Waals surface area contributed by atoms with Crippen LogP contribution in [0.15, 0.2) is 127 Å². The van der Waals surface area contributed by atoms with Crippen LogP contribution in [0.5, 0.6) is 11.8 Å². The molecule has 0 bridgehead atoms. The van der Waals surface area contributed by atoms with Crippen molar-refractivity contribution >= 4 is 99.3 Å². The Labute approximate surface area is 514 Å². The molecule has 0 saturated carbocycles. The van der Waals surface area contributed by atoms with Crippen molar-refractivity contribution in [2.75, 3.05) is 23.7 Å². The SMILES string of the molecule is [C-]#[N+]c1c(C)c(N=Nc2cc(C(=O)O)c(C(=O)Nc3ccccc3)cc2C(=O)O)c(O)n(CCCNC(=O)c2cc(C(=O)O)c(C(=O)NCCCn3c(O)c(N=Nc4cc(C(=O)O)c(C(=O)Nc5ccccc5)cc4C(=O)O)c(C)c(C#N)c3=O)cc2C(=O)O)c1=O. The number of anilines is 2. The average molecular weight is 1260 g/mol. The molecular weight excluding hydrogens is 1210 g/mol. The number of benzene rings is 5. The smallest absolute Gasteiger partial charge is 0.337 e. The van der Waals surface area contributed by atoms with Crippen molar-refractivity contribution in [1.82, 2.24) is 19.8 Å². The van der Waals surface area contributed by atoms with E-state index in [2.05, 4.69) is 46.6 Å². The first kappa shape index (κ1) is 66.0. The number of para-hydroxylation sites is 2. The predicted molar refractivity (Wildman–Crippen MR) is 317 cm³/mol. The van der Waals surface area contributed by atoms with E-state index >= 15 is 0 Å². The van der Waals surface area contributed by atoms with Crippen LogP contribution in [0.2, 0.25) is 0 Å². The van der Waals surface area contributed by atoms with Gasteiger partial charge in [-0.1, -0.05) is 36.4 Å². The lowest BCUT2D eigenvalue weighted by Crippen LogP contribution is -2.31. The monoisotopic (exact) mass is 1250 g/mol. The molecule has 0 unspecified atom stereocenters. The van der Waals surface area contributed by atoms with E-state index in [4.69, 9.17) is 6.57 Å². The zero-order chi connectivity index (χ0) is 67.4. The van der Waals surface area contributed by atoms with Gasteiger partial charge in [0.2, 0.25) is 11.8 Å². The Kier molecular flexibility index (Phi) is 20.3. The number of carboxylic acid groups (broad SMARTS) is 6. The molecule has 0 fully saturated rings. The minimum absolute atomic E-state index is 0.251. The van der Waals surface area contributed by atoms with Crippen LogP contribution in [0.1, 0.15) is 133 Å². The number of carbonyl (C=O) groups excluding carboxylic acids is 4. The quantitative estimate of drug-likeness (QED) is 0.0157. The van der Waals surface area contributed by atoms with Gasteiger partial charge in [-0.25, -0.2) is 33.6 Å². The average Bonchev–Trinajstić information content (AvgIpc) is 0.892. The summed E-state index contributed by atoms with van der Waals surface area (Å²) in [4.78, 5) is 158. The number of aromatic hydroxyl groups is 2. The van der Waals surface area contributed by atoms with E-state index in [9.17, 15) is 104 Å². The molecule has 32 heteroatoms. The summed E-state index contributed by atoms with van der Waals surface area (Å²) in [5.74, 6) is -16.6. The fourth-order valence-electron chi connectivity index (χ4n) is 8.97. The molecule has 5 aromatic carbocycles. The lowest BCUT2D eigenvalue weighted by atomic mass is 9.97. The number of azo groups is 2. The van der Waals surface area contributed by atoms with E-state index in [0.29, 0.717) is 21.3 Å². The standard InChI is InChI=1S/C60H46N12O20/c1-27-41(26-61)51(77)71(53(79)45(27)69-67-42-24-37(57(85)86)33(22-39(42)59(89)90)49(75)65-29-12-6-4-7-13-29)18-10-16-63-47(73)31-20-36(56(83)84)32(21-35(31)55(81)82)48(74)64-17-11-19-72-52(78)44(62-3)28(2)46(54(72)80)70-68-43-25-38(58(87)88)34(23-40(43)60(91)92)50(76)66-30-14-8-5-9-15-30/h4-9,12-15,20-25,79-80H,10-11,16-19H2,1-2H3,(H,63,73)(H,64,74)(H,65,75)(H,66,76)(H,81,82)(H,83,84)(H,85,86)(H,87,88)(H,89,90)(H,91,92). The molecule has 2 aromatic heterocycles. The van der Waals surface area contributed by atoms with Crippen molar-refractivity contribution in [3.8, 4) is 17.8 Å². The highest BCUT2D eigenvalue weighted by molar-refractivity contribution is 6.15. The number of carbonyl (C=O) groups is 10. The zero-order valence-electron chi connectivity index (χ0n) is 47.5. The molecule has 0 atom stereocenters. The summed E-state index contributed by atoms with van der Waals surface area (Å²) in [5.41, 5.74) is -13.0. The maximum Gasteiger partial charge on any atom is 0.337 e. The molecule has 0 radical (unpaired) electrons. The van der Waals surface area contributed by atoms with Crippen LogP contribution in [0.25, 0.3) is 4.85 Å². The largest absolute Gasteiger partial charge is 0.493 e. The molecule has 0 spiro atoms. The number of nitrogens with one attached hydrogen (secondary N) is 4. The van der Waals surface area contributed by atoms with E-state index in [-0.39, 0.29) is 35.3 Å². The second-order valence-electron chi connectivity index (χ2n) is 19.3. The number of rotatable bonds is 24. The van der Waals surface area contributed by atoms with Crippen LogP contribution in [-0.2, 0) is 13.1 Å². The first-order valence-electron chi connectivity index (χ1n) is 26.5. The fourth-order valence-corrected chi connectivity index (χ4v) is 8.97. The van der Waals surface area contributed by atoms with Crippen molar-refractivity contribution in [3.05, 3.63) is 202 Å². The number of aromatic nitrogens is 2. The number of pyridine rings is 2. The molecule has 0 saturated heterocycles. The summed E-state index contributed by atoms with van der Waals surface area (Å²) in [7, 11) is 0. The van der Waals surface area contributed by atoms with Crippen molar-refractivity contribution in [3.63, 3.8) is 0 Å². The van der Waals surface area contributed by atoms with Crippen molar-refractivity contribution < 1.29 is 88.8 Å². The maximum absolute atomic E-state index is 13.6. The van der Waals surface area contributed by atoms with Gasteiger partial charge in [0.05, 0.1) is 62.2 Å². The molecule has 0 aliphatic heterocycles. The summed E-state index contributed by atoms with van der Waals surface area (Å²) in [6, 6.07) is 21.4. The highest BCUT2D eigenvalue weighted by Gasteiger charge is 2.29. The predicted octanol–water partition coefficient (Wildman–Crippen LogP) is 7.63. The van der Waals surface area contributed by atoms with Gasteiger partial charge in [0.25, 0.3) is 40.4 Å². The van der Waals surface area contributed by atoms with Gasteiger partial charge >= 0.3 is 35.8 Å². The maximum atomic E-state index is 13.6. The lowest BCUT2D eigenvalue weighted by Gasteiger charge is -2.15. The molecule has 32 nitrogen and oxygen atoms in total. The third-order valence-electron chi connectivity index (χ3n) is 13.6. The van der Waals surface area contributed by atoms with Gasteiger partial charge in [-0.3, -0.25) is 37.9 Å². The third kappa shape index (κ3) is 14.3. The molecule has 92 heavy (non-hydrogen) atoms. The molecule has 7 rings (SSSR count). The summed E-state index contributed by atoms with van der Waals surface area (Å²) in [6.45, 7) is 8.11. The Hall–Kier alpha value is -13.5. The summed E-state index contributed by atoms with van der Waals surface area (Å²) in [5, 5.41) is 118. The van der Waals surface area contributed by atoms with Crippen molar-refractivity contribution in [1.29, 1.82) is 5.26 Å². The van der Waals surface area contributed by atoms with Crippen molar-refractivity contribution in [2.45, 2.75) is 39.8 Å².